The van der Waals surface area contributed by atoms with Crippen LogP contribution in [0.25, 0.3) is 0 Å². The Morgan fingerprint density at radius 2 is 2.28 bits per heavy atom. The van der Waals surface area contributed by atoms with Crippen LogP contribution >= 0.6 is 0 Å². The number of ether oxygens (including phenoxy) is 1. The van der Waals surface area contributed by atoms with E-state index < -0.39 is 5.91 Å². The predicted octanol–water partition coefficient (Wildman–Crippen LogP) is 1.73. The molecule has 1 aromatic carbocycles. The number of aromatic nitrogens is 1. The van der Waals surface area contributed by atoms with E-state index in [4.69, 9.17) is 10.5 Å². The van der Waals surface area contributed by atoms with Crippen molar-refractivity contribution in [1.82, 2.24) is 4.98 Å². The van der Waals surface area contributed by atoms with Gasteiger partial charge in [0.1, 0.15) is 5.75 Å². The number of nitrogens with two attached hydrogens (primary N) is 1. The SMILES string of the molecule is COc1ccc(C(N)=O)cc1NCc1cc[nH]c1. The Labute approximate surface area is 105 Å². The number of hydrogen-bond donors (Lipinski definition) is 3. The van der Waals surface area contributed by atoms with Crippen molar-refractivity contribution in [3.05, 3.63) is 47.8 Å². The quantitative estimate of drug-likeness (QED) is 0.750. The van der Waals surface area contributed by atoms with Gasteiger partial charge in [-0.3, -0.25) is 4.79 Å². The highest BCUT2D eigenvalue weighted by Crippen LogP contribution is 2.25. The average Bonchev–Trinajstić information content (AvgIpc) is 2.89. The summed E-state index contributed by atoms with van der Waals surface area (Å²) in [5, 5.41) is 3.21. The zero-order valence-corrected chi connectivity index (χ0v) is 10.1. The van der Waals surface area contributed by atoms with Gasteiger partial charge >= 0.3 is 0 Å². The topological polar surface area (TPSA) is 80.1 Å². The molecule has 1 heterocycles. The van der Waals surface area contributed by atoms with Gasteiger partial charge in [0.15, 0.2) is 0 Å². The first-order valence-electron chi connectivity index (χ1n) is 5.54. The van der Waals surface area contributed by atoms with E-state index in [2.05, 4.69) is 10.3 Å². The number of primary amides is 1. The van der Waals surface area contributed by atoms with Crippen LogP contribution in [0.3, 0.4) is 0 Å². The number of amides is 1. The van der Waals surface area contributed by atoms with E-state index in [0.717, 1.165) is 11.3 Å². The summed E-state index contributed by atoms with van der Waals surface area (Å²) >= 11 is 0. The summed E-state index contributed by atoms with van der Waals surface area (Å²) in [6.07, 6.45) is 3.76. The zero-order chi connectivity index (χ0) is 13.0. The van der Waals surface area contributed by atoms with Gasteiger partial charge in [0.25, 0.3) is 0 Å². The van der Waals surface area contributed by atoms with Crippen LogP contribution in [0.4, 0.5) is 5.69 Å². The fraction of sp³-hybridized carbons (Fsp3) is 0.154. The number of carbonyl (C=O) groups excluding carboxylic acids is 1. The molecule has 0 aliphatic carbocycles. The standard InChI is InChI=1S/C13H15N3O2/c1-18-12-3-2-10(13(14)17)6-11(12)16-8-9-4-5-15-7-9/h2-7,15-16H,8H2,1H3,(H2,14,17). The van der Waals surface area contributed by atoms with Gasteiger partial charge in [0.05, 0.1) is 12.8 Å². The monoisotopic (exact) mass is 245 g/mol. The maximum absolute atomic E-state index is 11.1. The third-order valence-electron chi connectivity index (χ3n) is 2.63. The fourth-order valence-electron chi connectivity index (χ4n) is 1.67. The molecule has 0 fully saturated rings. The summed E-state index contributed by atoms with van der Waals surface area (Å²) in [5.74, 6) is 0.220. The normalized spacial score (nSPS) is 10.1. The van der Waals surface area contributed by atoms with E-state index in [0.29, 0.717) is 17.9 Å². The van der Waals surface area contributed by atoms with E-state index in [-0.39, 0.29) is 0 Å². The van der Waals surface area contributed by atoms with Gasteiger partial charge in [0, 0.05) is 24.5 Å². The molecule has 4 N–H and O–H groups in total. The molecule has 0 bridgehead atoms. The van der Waals surface area contributed by atoms with Gasteiger partial charge in [-0.05, 0) is 29.8 Å². The number of hydrogen-bond acceptors (Lipinski definition) is 3. The lowest BCUT2D eigenvalue weighted by molar-refractivity contribution is 0.100. The highest BCUT2D eigenvalue weighted by Gasteiger charge is 2.07. The highest BCUT2D eigenvalue weighted by molar-refractivity contribution is 5.94. The Kier molecular flexibility index (Phi) is 3.52. The predicted molar refractivity (Wildman–Crippen MR) is 69.6 cm³/mol. The lowest BCUT2D eigenvalue weighted by Gasteiger charge is -2.11. The third-order valence-corrected chi connectivity index (χ3v) is 2.63. The number of methoxy groups -OCH3 is 1. The lowest BCUT2D eigenvalue weighted by Crippen LogP contribution is -2.11. The molecule has 5 heteroatoms. The summed E-state index contributed by atoms with van der Waals surface area (Å²) in [7, 11) is 1.58. The molecule has 0 spiro atoms. The second-order valence-electron chi connectivity index (χ2n) is 3.85. The molecule has 18 heavy (non-hydrogen) atoms. The van der Waals surface area contributed by atoms with Crippen molar-refractivity contribution in [1.29, 1.82) is 0 Å². The highest BCUT2D eigenvalue weighted by atomic mass is 16.5. The molecule has 94 valence electrons. The van der Waals surface area contributed by atoms with Crippen molar-refractivity contribution >= 4 is 11.6 Å². The fourth-order valence-corrected chi connectivity index (χ4v) is 1.67. The van der Waals surface area contributed by atoms with Crippen LogP contribution in [0.5, 0.6) is 5.75 Å². The molecule has 0 saturated heterocycles. The molecule has 1 aromatic heterocycles. The van der Waals surface area contributed by atoms with Gasteiger partial charge in [-0.2, -0.15) is 0 Å². The van der Waals surface area contributed by atoms with Crippen molar-refractivity contribution in [2.45, 2.75) is 6.54 Å². The van der Waals surface area contributed by atoms with Crippen molar-refractivity contribution < 1.29 is 9.53 Å². The number of carbonyl (C=O) groups is 1. The van der Waals surface area contributed by atoms with Crippen LogP contribution in [0, 0.1) is 0 Å². The first-order chi connectivity index (χ1) is 8.70. The Morgan fingerprint density at radius 1 is 1.44 bits per heavy atom. The summed E-state index contributed by atoms with van der Waals surface area (Å²) in [6.45, 7) is 0.641. The molecule has 0 radical (unpaired) electrons. The molecule has 0 atom stereocenters. The molecule has 0 saturated carbocycles. The third kappa shape index (κ3) is 2.63. The van der Waals surface area contributed by atoms with Crippen molar-refractivity contribution in [3.8, 4) is 5.75 Å². The van der Waals surface area contributed by atoms with E-state index in [1.165, 1.54) is 0 Å². The Hall–Kier alpha value is -2.43. The van der Waals surface area contributed by atoms with Gasteiger partial charge in [-0.25, -0.2) is 0 Å². The summed E-state index contributed by atoms with van der Waals surface area (Å²) in [6, 6.07) is 7.02. The Balaban J connectivity index is 2.18. The molecular weight excluding hydrogens is 230 g/mol. The number of benzene rings is 1. The zero-order valence-electron chi connectivity index (χ0n) is 10.1. The van der Waals surface area contributed by atoms with Crippen molar-refractivity contribution in [3.63, 3.8) is 0 Å². The largest absolute Gasteiger partial charge is 0.495 e. The summed E-state index contributed by atoms with van der Waals surface area (Å²) < 4.78 is 5.23. The van der Waals surface area contributed by atoms with E-state index >= 15 is 0 Å². The number of nitrogens with one attached hydrogen (secondary N) is 2. The van der Waals surface area contributed by atoms with Crippen LogP contribution in [0.1, 0.15) is 15.9 Å². The minimum absolute atomic E-state index is 0.451. The number of rotatable bonds is 5. The molecule has 1 amide bonds. The second-order valence-corrected chi connectivity index (χ2v) is 3.85. The minimum Gasteiger partial charge on any atom is -0.495 e. The van der Waals surface area contributed by atoms with Crippen LogP contribution in [-0.4, -0.2) is 18.0 Å². The second kappa shape index (κ2) is 5.27. The minimum atomic E-state index is -0.456. The molecule has 2 aromatic rings. The molecule has 2 rings (SSSR count). The molecule has 0 unspecified atom stereocenters. The van der Waals surface area contributed by atoms with Gasteiger partial charge in [-0.15, -0.1) is 0 Å². The number of H-pyrrole nitrogens is 1. The number of anilines is 1. The maximum atomic E-state index is 11.1. The average molecular weight is 245 g/mol. The van der Waals surface area contributed by atoms with Crippen LogP contribution < -0.4 is 15.8 Å². The molecular formula is C13H15N3O2. The smallest absolute Gasteiger partial charge is 0.248 e. The first kappa shape index (κ1) is 12.0. The maximum Gasteiger partial charge on any atom is 0.248 e. The van der Waals surface area contributed by atoms with Crippen LogP contribution in [0.2, 0.25) is 0 Å². The van der Waals surface area contributed by atoms with Gasteiger partial charge in [-0.1, -0.05) is 0 Å². The van der Waals surface area contributed by atoms with Gasteiger partial charge in [0.2, 0.25) is 5.91 Å². The van der Waals surface area contributed by atoms with Gasteiger partial charge < -0.3 is 20.8 Å². The molecule has 0 aliphatic heterocycles. The Morgan fingerprint density at radius 3 is 2.89 bits per heavy atom. The van der Waals surface area contributed by atoms with Crippen LogP contribution in [0.15, 0.2) is 36.7 Å². The summed E-state index contributed by atoms with van der Waals surface area (Å²) in [5.41, 5.74) is 7.56. The number of aromatic amines is 1. The first-order valence-corrected chi connectivity index (χ1v) is 5.54. The Bertz CT molecular complexity index is 535. The van der Waals surface area contributed by atoms with Crippen molar-refractivity contribution in [2.24, 2.45) is 5.73 Å². The van der Waals surface area contributed by atoms with E-state index in [1.807, 2.05) is 18.5 Å². The van der Waals surface area contributed by atoms with Crippen LogP contribution in [-0.2, 0) is 6.54 Å². The van der Waals surface area contributed by atoms with E-state index in [1.54, 1.807) is 25.3 Å². The van der Waals surface area contributed by atoms with E-state index in [9.17, 15) is 4.79 Å². The molecule has 0 aliphatic rings. The summed E-state index contributed by atoms with van der Waals surface area (Å²) in [4.78, 5) is 14.1. The molecule has 5 nitrogen and oxygen atoms in total. The lowest BCUT2D eigenvalue weighted by atomic mass is 10.1. The van der Waals surface area contributed by atoms with Crippen molar-refractivity contribution in [2.75, 3.05) is 12.4 Å².